The van der Waals surface area contributed by atoms with Crippen molar-refractivity contribution in [2.45, 2.75) is 43.9 Å². The van der Waals surface area contributed by atoms with Crippen LogP contribution in [0.3, 0.4) is 0 Å². The van der Waals surface area contributed by atoms with Crippen molar-refractivity contribution in [3.63, 3.8) is 0 Å². The third-order valence-electron chi connectivity index (χ3n) is 5.25. The Kier molecular flexibility index (Phi) is 6.01. The van der Waals surface area contributed by atoms with Gasteiger partial charge in [-0.15, -0.1) is 0 Å². The Balaban J connectivity index is 1.67. The molecule has 1 aromatic carbocycles. The molecule has 2 aromatic rings. The average Bonchev–Trinajstić information content (AvgIpc) is 3.18. The van der Waals surface area contributed by atoms with Crippen LogP contribution in [-0.4, -0.2) is 43.2 Å². The van der Waals surface area contributed by atoms with Gasteiger partial charge in [0.15, 0.2) is 0 Å². The van der Waals surface area contributed by atoms with Crippen molar-refractivity contribution >= 4 is 15.9 Å². The minimum atomic E-state index is -3.57. The van der Waals surface area contributed by atoms with E-state index in [4.69, 9.17) is 0 Å². The van der Waals surface area contributed by atoms with Gasteiger partial charge in [-0.25, -0.2) is 8.42 Å². The predicted octanol–water partition coefficient (Wildman–Crippen LogP) is 2.90. The van der Waals surface area contributed by atoms with E-state index < -0.39 is 10.0 Å². The molecule has 1 aliphatic carbocycles. The summed E-state index contributed by atoms with van der Waals surface area (Å²) in [6, 6.07) is 9.79. The molecule has 1 atom stereocenters. The second-order valence-corrected chi connectivity index (χ2v) is 8.77. The summed E-state index contributed by atoms with van der Waals surface area (Å²) >= 11 is 0. The Morgan fingerprint density at radius 3 is 2.74 bits per heavy atom. The second-order valence-electron chi connectivity index (χ2n) is 6.84. The van der Waals surface area contributed by atoms with Crippen molar-refractivity contribution in [2.24, 2.45) is 0 Å². The highest BCUT2D eigenvalue weighted by Gasteiger charge is 2.25. The smallest absolute Gasteiger partial charge is 0.267 e. The van der Waals surface area contributed by atoms with E-state index in [-0.39, 0.29) is 16.5 Å². The average molecular weight is 390 g/mol. The summed E-state index contributed by atoms with van der Waals surface area (Å²) in [5.74, 6) is 0.0202. The van der Waals surface area contributed by atoms with Crippen LogP contribution in [0.1, 0.15) is 54.2 Å². The molecule has 0 saturated carbocycles. The molecule has 7 heteroatoms. The molecule has 1 aliphatic rings. The summed E-state index contributed by atoms with van der Waals surface area (Å²) in [5, 5.41) is 2.95. The summed E-state index contributed by atoms with van der Waals surface area (Å²) < 4.78 is 26.5. The van der Waals surface area contributed by atoms with Crippen molar-refractivity contribution < 1.29 is 13.2 Å². The topological polar surface area (TPSA) is 82.3 Å². The zero-order valence-corrected chi connectivity index (χ0v) is 16.7. The molecule has 0 fully saturated rings. The molecule has 0 unspecified atom stereocenters. The normalized spacial score (nSPS) is 16.9. The van der Waals surface area contributed by atoms with Crippen LogP contribution in [0.15, 0.2) is 41.4 Å². The molecule has 0 aliphatic heterocycles. The number of H-pyrrole nitrogens is 1. The molecule has 1 amide bonds. The Bertz CT molecular complexity index is 901. The molecule has 0 spiro atoms. The Morgan fingerprint density at radius 1 is 1.26 bits per heavy atom. The molecule has 2 N–H and O–H groups in total. The number of hydrogen-bond acceptors (Lipinski definition) is 3. The maximum Gasteiger partial charge on any atom is 0.267 e. The van der Waals surface area contributed by atoms with Crippen LogP contribution < -0.4 is 5.32 Å². The van der Waals surface area contributed by atoms with Crippen LogP contribution in [0.25, 0.3) is 0 Å². The Labute approximate surface area is 161 Å². The van der Waals surface area contributed by atoms with E-state index in [0.717, 1.165) is 19.3 Å². The van der Waals surface area contributed by atoms with E-state index in [1.807, 2.05) is 6.07 Å². The third kappa shape index (κ3) is 4.09. The lowest BCUT2D eigenvalue weighted by molar-refractivity contribution is 0.0946. The van der Waals surface area contributed by atoms with Crippen molar-refractivity contribution in [1.82, 2.24) is 14.6 Å². The van der Waals surface area contributed by atoms with E-state index in [9.17, 15) is 13.2 Å². The lowest BCUT2D eigenvalue weighted by Crippen LogP contribution is -2.31. The quantitative estimate of drug-likeness (QED) is 0.764. The molecule has 1 heterocycles. The Hall–Kier alpha value is -2.12. The number of fused-ring (bicyclic) bond motifs is 1. The van der Waals surface area contributed by atoms with Gasteiger partial charge < -0.3 is 10.3 Å². The summed E-state index contributed by atoms with van der Waals surface area (Å²) in [6.45, 7) is 4.93. The lowest BCUT2D eigenvalue weighted by atomic mass is 9.83. The van der Waals surface area contributed by atoms with Gasteiger partial charge in [-0.2, -0.15) is 4.31 Å². The molecule has 3 rings (SSSR count). The predicted molar refractivity (Wildman–Crippen MR) is 105 cm³/mol. The zero-order chi connectivity index (χ0) is 19.4. The molecular formula is C20H27N3O3S. The maximum absolute atomic E-state index is 12.5. The number of sulfonamides is 1. The summed E-state index contributed by atoms with van der Waals surface area (Å²) in [6.07, 6.45) is 4.64. The molecule has 0 bridgehead atoms. The number of benzene rings is 1. The molecule has 1 aromatic heterocycles. The Morgan fingerprint density at radius 2 is 2.00 bits per heavy atom. The summed E-state index contributed by atoms with van der Waals surface area (Å²) in [7, 11) is -3.57. The van der Waals surface area contributed by atoms with Crippen molar-refractivity contribution in [3.05, 3.63) is 53.3 Å². The van der Waals surface area contributed by atoms with E-state index in [0.29, 0.717) is 25.6 Å². The van der Waals surface area contributed by atoms with Gasteiger partial charge in [0.2, 0.25) is 10.0 Å². The van der Waals surface area contributed by atoms with Gasteiger partial charge in [0.05, 0.1) is 0 Å². The molecule has 6 nitrogen and oxygen atoms in total. The van der Waals surface area contributed by atoms with Gasteiger partial charge >= 0.3 is 0 Å². The van der Waals surface area contributed by atoms with Crippen molar-refractivity contribution in [2.75, 3.05) is 19.6 Å². The molecule has 0 saturated heterocycles. The fraction of sp³-hybridized carbons (Fsp3) is 0.450. The first-order valence-corrected chi connectivity index (χ1v) is 11.0. The number of aromatic nitrogens is 1. The second kappa shape index (κ2) is 8.27. The monoisotopic (exact) mass is 389 g/mol. The largest absolute Gasteiger partial charge is 0.356 e. The number of aryl methyl sites for hydroxylation is 1. The highest BCUT2D eigenvalue weighted by molar-refractivity contribution is 7.89. The van der Waals surface area contributed by atoms with Gasteiger partial charge in [-0.1, -0.05) is 38.1 Å². The number of amides is 1. The van der Waals surface area contributed by atoms with Crippen molar-refractivity contribution in [1.29, 1.82) is 0 Å². The maximum atomic E-state index is 12.5. The van der Waals surface area contributed by atoms with Crippen molar-refractivity contribution in [3.8, 4) is 0 Å². The zero-order valence-electron chi connectivity index (χ0n) is 15.9. The number of nitrogens with one attached hydrogen (secondary N) is 2. The van der Waals surface area contributed by atoms with Crippen LogP contribution in [-0.2, 0) is 16.4 Å². The van der Waals surface area contributed by atoms with Gasteiger partial charge in [0.25, 0.3) is 5.91 Å². The minimum absolute atomic E-state index is 0.124. The fourth-order valence-corrected chi connectivity index (χ4v) is 5.20. The van der Waals surface area contributed by atoms with E-state index in [2.05, 4.69) is 28.5 Å². The van der Waals surface area contributed by atoms with Crippen LogP contribution >= 0.6 is 0 Å². The number of hydrogen-bond donors (Lipinski definition) is 2. The highest BCUT2D eigenvalue weighted by Crippen LogP contribution is 2.30. The first-order chi connectivity index (χ1) is 13.0. The molecule has 146 valence electrons. The first-order valence-electron chi connectivity index (χ1n) is 9.52. The van der Waals surface area contributed by atoms with Gasteiger partial charge in [0.1, 0.15) is 10.6 Å². The number of rotatable bonds is 7. The standard InChI is InChI=1S/C20H27N3O3S/c1-3-23(4-2)27(25,26)17-12-19(21-14-17)20(24)22-13-16-10-7-9-15-8-5-6-11-18(15)16/h5-6,8,11-12,14,16,21H,3-4,7,9-10,13H2,1-2H3,(H,22,24)/t16-/m0/s1. The van der Waals surface area contributed by atoms with Gasteiger partial charge in [-0.05, 0) is 36.5 Å². The number of aromatic amines is 1. The fourth-order valence-electron chi connectivity index (χ4n) is 3.74. The first kappa shape index (κ1) is 19.6. The molecule has 27 heavy (non-hydrogen) atoms. The minimum Gasteiger partial charge on any atom is -0.356 e. The molecule has 0 radical (unpaired) electrons. The van der Waals surface area contributed by atoms with Crippen LogP contribution in [0, 0.1) is 0 Å². The van der Waals surface area contributed by atoms with Crippen LogP contribution in [0.2, 0.25) is 0 Å². The number of carbonyl (C=O) groups excluding carboxylic acids is 1. The molecular weight excluding hydrogens is 362 g/mol. The summed E-state index contributed by atoms with van der Waals surface area (Å²) in [5.41, 5.74) is 2.93. The highest BCUT2D eigenvalue weighted by atomic mass is 32.2. The lowest BCUT2D eigenvalue weighted by Gasteiger charge is -2.25. The SMILES string of the molecule is CCN(CC)S(=O)(=O)c1c[nH]c(C(=O)NC[C@@H]2CCCc3ccccc32)c1. The van der Waals surface area contributed by atoms with Crippen LogP contribution in [0.5, 0.6) is 0 Å². The summed E-state index contributed by atoms with van der Waals surface area (Å²) in [4.78, 5) is 15.4. The van der Waals surface area contributed by atoms with E-state index in [1.165, 1.54) is 27.7 Å². The van der Waals surface area contributed by atoms with Crippen LogP contribution in [0.4, 0.5) is 0 Å². The van der Waals surface area contributed by atoms with Gasteiger partial charge in [0, 0.05) is 31.7 Å². The van der Waals surface area contributed by atoms with E-state index >= 15 is 0 Å². The van der Waals surface area contributed by atoms with Gasteiger partial charge in [-0.3, -0.25) is 4.79 Å². The van der Waals surface area contributed by atoms with E-state index in [1.54, 1.807) is 13.8 Å². The number of carbonyl (C=O) groups is 1. The number of nitrogens with zero attached hydrogens (tertiary/aromatic N) is 1. The third-order valence-corrected chi connectivity index (χ3v) is 7.27.